The summed E-state index contributed by atoms with van der Waals surface area (Å²) in [6.45, 7) is 4.27. The summed E-state index contributed by atoms with van der Waals surface area (Å²) in [5.74, 6) is 0. The summed E-state index contributed by atoms with van der Waals surface area (Å²) < 4.78 is 6.87. The van der Waals surface area contributed by atoms with Crippen molar-refractivity contribution in [3.05, 3.63) is 28.5 Å². The van der Waals surface area contributed by atoms with Crippen molar-refractivity contribution in [1.29, 1.82) is 0 Å². The van der Waals surface area contributed by atoms with Crippen molar-refractivity contribution < 1.29 is 4.74 Å². The van der Waals surface area contributed by atoms with Gasteiger partial charge in [-0.25, -0.2) is 4.98 Å². The normalized spacial score (nSPS) is 10.7. The van der Waals surface area contributed by atoms with Crippen LogP contribution in [-0.2, 0) is 17.8 Å². The minimum absolute atomic E-state index is 0.676. The van der Waals surface area contributed by atoms with Gasteiger partial charge in [-0.3, -0.25) is 4.68 Å². The van der Waals surface area contributed by atoms with Crippen LogP contribution in [0.4, 0.5) is 5.69 Å². The van der Waals surface area contributed by atoms with Crippen molar-refractivity contribution in [2.45, 2.75) is 20.0 Å². The Labute approximate surface area is 104 Å². The highest BCUT2D eigenvalue weighted by molar-refractivity contribution is 7.09. The first-order chi connectivity index (χ1) is 8.29. The first kappa shape index (κ1) is 12.1. The molecule has 2 aromatic rings. The van der Waals surface area contributed by atoms with Gasteiger partial charge < -0.3 is 10.1 Å². The third-order valence-electron chi connectivity index (χ3n) is 2.46. The number of aromatic nitrogens is 3. The van der Waals surface area contributed by atoms with E-state index in [2.05, 4.69) is 15.4 Å². The Bertz CT molecular complexity index is 465. The number of ether oxygens (including phenoxy) is 1. The molecule has 0 fully saturated rings. The molecule has 0 atom stereocenters. The van der Waals surface area contributed by atoms with Gasteiger partial charge in [0.15, 0.2) is 0 Å². The lowest BCUT2D eigenvalue weighted by atomic mass is 10.4. The molecule has 0 spiro atoms. The zero-order valence-electron chi connectivity index (χ0n) is 10.0. The number of anilines is 1. The van der Waals surface area contributed by atoms with Crippen molar-refractivity contribution in [3.63, 3.8) is 0 Å². The Hall–Kier alpha value is -1.40. The van der Waals surface area contributed by atoms with E-state index >= 15 is 0 Å². The fraction of sp³-hybridized carbons (Fsp3) is 0.455. The summed E-state index contributed by atoms with van der Waals surface area (Å²) in [5, 5.41) is 7.57. The van der Waals surface area contributed by atoms with Gasteiger partial charge in [0, 0.05) is 18.2 Å². The molecule has 92 valence electrons. The Morgan fingerprint density at radius 1 is 1.53 bits per heavy atom. The monoisotopic (exact) mass is 252 g/mol. The molecule has 17 heavy (non-hydrogen) atoms. The number of thiazole rings is 1. The van der Waals surface area contributed by atoms with Crippen LogP contribution < -0.4 is 5.32 Å². The molecule has 1 N–H and O–H groups in total. The van der Waals surface area contributed by atoms with Crippen molar-refractivity contribution in [1.82, 2.24) is 14.8 Å². The van der Waals surface area contributed by atoms with E-state index in [9.17, 15) is 0 Å². The first-order valence-corrected chi connectivity index (χ1v) is 6.32. The summed E-state index contributed by atoms with van der Waals surface area (Å²) in [5.41, 5.74) is 3.98. The highest BCUT2D eigenvalue weighted by Crippen LogP contribution is 2.14. The molecule has 2 aromatic heterocycles. The van der Waals surface area contributed by atoms with E-state index in [4.69, 9.17) is 4.74 Å². The van der Waals surface area contributed by atoms with Crippen LogP contribution in [0.15, 0.2) is 17.9 Å². The molecule has 6 heteroatoms. The molecule has 0 aliphatic carbocycles. The molecular formula is C11H16N4OS. The van der Waals surface area contributed by atoms with Crippen LogP contribution in [0.3, 0.4) is 0 Å². The molecule has 2 rings (SSSR count). The number of nitrogens with zero attached hydrogens (tertiary/aromatic N) is 3. The third kappa shape index (κ3) is 3.28. The molecular weight excluding hydrogens is 236 g/mol. The predicted octanol–water partition coefficient (Wildman–Crippen LogP) is 1.91. The van der Waals surface area contributed by atoms with Crippen LogP contribution in [0.2, 0.25) is 0 Å². The minimum Gasteiger partial charge on any atom is -0.383 e. The van der Waals surface area contributed by atoms with E-state index in [1.54, 1.807) is 18.4 Å². The SMILES string of the molecule is COCCn1cc(NCc2scnc2C)cn1. The van der Waals surface area contributed by atoms with Gasteiger partial charge in [-0.15, -0.1) is 11.3 Å². The molecule has 0 aromatic carbocycles. The summed E-state index contributed by atoms with van der Waals surface area (Å²) in [6, 6.07) is 0. The van der Waals surface area contributed by atoms with Crippen molar-refractivity contribution >= 4 is 17.0 Å². The molecule has 0 bridgehead atoms. The van der Waals surface area contributed by atoms with Crippen LogP contribution >= 0.6 is 11.3 Å². The lowest BCUT2D eigenvalue weighted by molar-refractivity contribution is 0.183. The molecule has 0 saturated carbocycles. The van der Waals surface area contributed by atoms with Crippen molar-refractivity contribution in [2.75, 3.05) is 19.0 Å². The van der Waals surface area contributed by atoms with Crippen LogP contribution in [0.1, 0.15) is 10.6 Å². The maximum Gasteiger partial charge on any atom is 0.0798 e. The number of nitrogens with one attached hydrogen (secondary N) is 1. The molecule has 0 aliphatic rings. The first-order valence-electron chi connectivity index (χ1n) is 5.44. The average molecular weight is 252 g/mol. The van der Waals surface area contributed by atoms with Gasteiger partial charge in [0.2, 0.25) is 0 Å². The third-order valence-corrected chi connectivity index (χ3v) is 3.39. The lowest BCUT2D eigenvalue weighted by Gasteiger charge is -2.01. The van der Waals surface area contributed by atoms with Gasteiger partial charge in [0.05, 0.1) is 42.8 Å². The minimum atomic E-state index is 0.676. The molecule has 0 radical (unpaired) electrons. The second kappa shape index (κ2) is 5.79. The number of hydrogen-bond acceptors (Lipinski definition) is 5. The Morgan fingerprint density at radius 3 is 3.12 bits per heavy atom. The van der Waals surface area contributed by atoms with Gasteiger partial charge in [-0.2, -0.15) is 5.10 Å². The van der Waals surface area contributed by atoms with Crippen molar-refractivity contribution in [3.8, 4) is 0 Å². The Balaban J connectivity index is 1.87. The van der Waals surface area contributed by atoms with E-state index in [0.29, 0.717) is 6.61 Å². The average Bonchev–Trinajstić information content (AvgIpc) is 2.93. The van der Waals surface area contributed by atoms with Gasteiger partial charge in [-0.05, 0) is 6.92 Å². The second-order valence-electron chi connectivity index (χ2n) is 3.70. The Kier molecular flexibility index (Phi) is 4.11. The number of methoxy groups -OCH3 is 1. The van der Waals surface area contributed by atoms with Crippen LogP contribution in [0, 0.1) is 6.92 Å². The maximum atomic E-state index is 5.00. The maximum absolute atomic E-state index is 5.00. The Morgan fingerprint density at radius 2 is 2.41 bits per heavy atom. The molecule has 0 unspecified atom stereocenters. The molecule has 5 nitrogen and oxygen atoms in total. The number of aryl methyl sites for hydroxylation is 1. The van der Waals surface area contributed by atoms with Gasteiger partial charge in [0.25, 0.3) is 0 Å². The zero-order chi connectivity index (χ0) is 12.1. The predicted molar refractivity (Wildman–Crippen MR) is 68.3 cm³/mol. The van der Waals surface area contributed by atoms with E-state index in [1.807, 2.05) is 29.5 Å². The van der Waals surface area contributed by atoms with Gasteiger partial charge >= 0.3 is 0 Å². The molecule has 0 amide bonds. The highest BCUT2D eigenvalue weighted by Gasteiger charge is 2.02. The van der Waals surface area contributed by atoms with E-state index in [-0.39, 0.29) is 0 Å². The van der Waals surface area contributed by atoms with Gasteiger partial charge in [0.1, 0.15) is 0 Å². The van der Waals surface area contributed by atoms with E-state index in [0.717, 1.165) is 24.5 Å². The summed E-state index contributed by atoms with van der Waals surface area (Å²) >= 11 is 1.67. The topological polar surface area (TPSA) is 52.0 Å². The molecule has 0 saturated heterocycles. The quantitative estimate of drug-likeness (QED) is 0.853. The molecule has 0 aliphatic heterocycles. The number of hydrogen-bond donors (Lipinski definition) is 1. The van der Waals surface area contributed by atoms with E-state index in [1.165, 1.54) is 4.88 Å². The smallest absolute Gasteiger partial charge is 0.0798 e. The summed E-state index contributed by atoms with van der Waals surface area (Å²) in [7, 11) is 1.69. The van der Waals surface area contributed by atoms with E-state index < -0.39 is 0 Å². The summed E-state index contributed by atoms with van der Waals surface area (Å²) in [6.07, 6.45) is 3.81. The number of rotatable bonds is 6. The van der Waals surface area contributed by atoms with Crippen molar-refractivity contribution in [2.24, 2.45) is 0 Å². The van der Waals surface area contributed by atoms with Crippen LogP contribution in [0.25, 0.3) is 0 Å². The largest absolute Gasteiger partial charge is 0.383 e. The fourth-order valence-corrected chi connectivity index (χ4v) is 2.16. The fourth-order valence-electron chi connectivity index (χ4n) is 1.44. The molecule has 2 heterocycles. The van der Waals surface area contributed by atoms with Crippen LogP contribution in [0.5, 0.6) is 0 Å². The lowest BCUT2D eigenvalue weighted by Crippen LogP contribution is -2.04. The highest BCUT2D eigenvalue weighted by atomic mass is 32.1. The van der Waals surface area contributed by atoms with Gasteiger partial charge in [-0.1, -0.05) is 0 Å². The second-order valence-corrected chi connectivity index (χ2v) is 4.64. The summed E-state index contributed by atoms with van der Waals surface area (Å²) in [4.78, 5) is 5.47. The standard InChI is InChI=1S/C11H16N4OS/c1-9-11(17-8-13-9)6-12-10-5-14-15(7-10)3-4-16-2/h5,7-8,12H,3-4,6H2,1-2H3. The van der Waals surface area contributed by atoms with Crippen LogP contribution in [-0.4, -0.2) is 28.5 Å². The zero-order valence-corrected chi connectivity index (χ0v) is 10.8.